The van der Waals surface area contributed by atoms with Crippen LogP contribution in [0.15, 0.2) is 29.2 Å². The summed E-state index contributed by atoms with van der Waals surface area (Å²) >= 11 is 1.69. The molecule has 1 unspecified atom stereocenters. The Morgan fingerprint density at radius 1 is 1.59 bits per heavy atom. The van der Waals surface area contributed by atoms with Gasteiger partial charge in [-0.05, 0) is 18.1 Å². The van der Waals surface area contributed by atoms with Gasteiger partial charge in [0.15, 0.2) is 0 Å². The summed E-state index contributed by atoms with van der Waals surface area (Å²) in [7, 11) is 0. The van der Waals surface area contributed by atoms with Crippen LogP contribution in [0.1, 0.15) is 12.0 Å². The summed E-state index contributed by atoms with van der Waals surface area (Å²) in [6, 6.07) is 7.60. The lowest BCUT2D eigenvalue weighted by Crippen LogP contribution is -2.51. The quantitative estimate of drug-likeness (QED) is 0.798. The second kappa shape index (κ2) is 4.82. The van der Waals surface area contributed by atoms with Crippen LogP contribution < -0.4 is 5.32 Å². The molecule has 0 aliphatic carbocycles. The van der Waals surface area contributed by atoms with Crippen LogP contribution in [0.25, 0.3) is 0 Å². The third-order valence-electron chi connectivity index (χ3n) is 2.94. The highest BCUT2D eigenvalue weighted by Gasteiger charge is 2.43. The first-order valence-electron chi connectivity index (χ1n) is 5.35. The minimum atomic E-state index is -1.03. The molecular formula is C13H13NO2S. The van der Waals surface area contributed by atoms with Crippen molar-refractivity contribution < 1.29 is 9.90 Å². The van der Waals surface area contributed by atoms with E-state index in [-0.39, 0.29) is 6.54 Å². The molecule has 0 fully saturated rings. The molecule has 2 rings (SSSR count). The van der Waals surface area contributed by atoms with Gasteiger partial charge in [-0.3, -0.25) is 5.32 Å². The number of terminal acetylenes is 1. The molecule has 1 aromatic rings. The molecule has 0 saturated carbocycles. The third kappa shape index (κ3) is 2.04. The van der Waals surface area contributed by atoms with E-state index < -0.39 is 11.5 Å². The molecule has 88 valence electrons. The Morgan fingerprint density at radius 3 is 3.06 bits per heavy atom. The van der Waals surface area contributed by atoms with Gasteiger partial charge in [0.05, 0.1) is 6.54 Å². The van der Waals surface area contributed by atoms with Crippen LogP contribution in [-0.2, 0) is 10.3 Å². The number of rotatable bonds is 3. The van der Waals surface area contributed by atoms with E-state index in [1.165, 1.54) is 0 Å². The Labute approximate surface area is 105 Å². The average molecular weight is 247 g/mol. The molecule has 0 aromatic heterocycles. The largest absolute Gasteiger partial charge is 0.480 e. The molecule has 1 aliphatic rings. The lowest BCUT2D eigenvalue weighted by molar-refractivity contribution is -0.145. The SMILES string of the molecule is C#CCNC1(C(=O)O)CCSc2ccccc21. The van der Waals surface area contributed by atoms with Gasteiger partial charge in [-0.25, -0.2) is 4.79 Å². The monoisotopic (exact) mass is 247 g/mol. The molecule has 2 N–H and O–H groups in total. The molecule has 1 heterocycles. The lowest BCUT2D eigenvalue weighted by Gasteiger charge is -2.35. The van der Waals surface area contributed by atoms with Crippen molar-refractivity contribution in [3.8, 4) is 12.3 Å². The smallest absolute Gasteiger partial charge is 0.328 e. The van der Waals surface area contributed by atoms with Crippen molar-refractivity contribution in [1.82, 2.24) is 5.32 Å². The summed E-state index contributed by atoms with van der Waals surface area (Å²) in [6.07, 6.45) is 5.76. The lowest BCUT2D eigenvalue weighted by atomic mass is 9.86. The highest BCUT2D eigenvalue weighted by atomic mass is 32.2. The summed E-state index contributed by atoms with van der Waals surface area (Å²) in [5, 5.41) is 12.5. The molecule has 4 heteroatoms. The maximum absolute atomic E-state index is 11.6. The predicted molar refractivity (Wildman–Crippen MR) is 67.9 cm³/mol. The average Bonchev–Trinajstić information content (AvgIpc) is 2.36. The van der Waals surface area contributed by atoms with Gasteiger partial charge in [-0.1, -0.05) is 24.1 Å². The van der Waals surface area contributed by atoms with Gasteiger partial charge in [0, 0.05) is 10.6 Å². The molecule has 0 bridgehead atoms. The molecule has 3 nitrogen and oxygen atoms in total. The summed E-state index contributed by atoms with van der Waals surface area (Å²) in [4.78, 5) is 12.6. The highest BCUT2D eigenvalue weighted by Crippen LogP contribution is 2.40. The van der Waals surface area contributed by atoms with Crippen molar-refractivity contribution in [2.75, 3.05) is 12.3 Å². The molecule has 0 amide bonds. The third-order valence-corrected chi connectivity index (χ3v) is 4.01. The van der Waals surface area contributed by atoms with Crippen molar-refractivity contribution in [1.29, 1.82) is 0 Å². The minimum Gasteiger partial charge on any atom is -0.480 e. The Balaban J connectivity index is 2.48. The summed E-state index contributed by atoms with van der Waals surface area (Å²) in [5.74, 6) is 2.36. The van der Waals surface area contributed by atoms with Crippen LogP contribution in [0.4, 0.5) is 0 Å². The fraction of sp³-hybridized carbons (Fsp3) is 0.308. The second-order valence-corrected chi connectivity index (χ2v) is 5.00. The van der Waals surface area contributed by atoms with Crippen LogP contribution in [-0.4, -0.2) is 23.4 Å². The number of fused-ring (bicyclic) bond motifs is 1. The van der Waals surface area contributed by atoms with Crippen LogP contribution >= 0.6 is 11.8 Å². The first kappa shape index (κ1) is 12.0. The van der Waals surface area contributed by atoms with E-state index in [0.717, 1.165) is 16.2 Å². The van der Waals surface area contributed by atoms with Crippen molar-refractivity contribution in [2.24, 2.45) is 0 Å². The van der Waals surface area contributed by atoms with Crippen LogP contribution in [0, 0.1) is 12.3 Å². The molecule has 1 aromatic carbocycles. The van der Waals surface area contributed by atoms with Crippen LogP contribution in [0.2, 0.25) is 0 Å². The van der Waals surface area contributed by atoms with Crippen LogP contribution in [0.3, 0.4) is 0 Å². The number of hydrogen-bond acceptors (Lipinski definition) is 3. The number of hydrogen-bond donors (Lipinski definition) is 2. The fourth-order valence-corrected chi connectivity index (χ4v) is 3.28. The number of carboxylic acid groups (broad SMARTS) is 1. The Hall–Kier alpha value is -1.44. The highest BCUT2D eigenvalue weighted by molar-refractivity contribution is 7.99. The fourth-order valence-electron chi connectivity index (χ4n) is 2.08. The van der Waals surface area contributed by atoms with E-state index in [1.807, 2.05) is 24.3 Å². The zero-order valence-electron chi connectivity index (χ0n) is 9.27. The topological polar surface area (TPSA) is 49.3 Å². The summed E-state index contributed by atoms with van der Waals surface area (Å²) in [5.41, 5.74) is -0.215. The van der Waals surface area contributed by atoms with Crippen molar-refractivity contribution in [2.45, 2.75) is 16.9 Å². The van der Waals surface area contributed by atoms with E-state index in [2.05, 4.69) is 11.2 Å². The molecule has 0 radical (unpaired) electrons. The van der Waals surface area contributed by atoms with Gasteiger partial charge >= 0.3 is 5.97 Å². The zero-order valence-corrected chi connectivity index (χ0v) is 10.1. The van der Waals surface area contributed by atoms with Gasteiger partial charge in [0.2, 0.25) is 0 Å². The first-order chi connectivity index (χ1) is 8.20. The van der Waals surface area contributed by atoms with Gasteiger partial charge in [0.1, 0.15) is 5.54 Å². The Bertz CT molecular complexity index is 481. The van der Waals surface area contributed by atoms with Crippen molar-refractivity contribution in [3.63, 3.8) is 0 Å². The summed E-state index contributed by atoms with van der Waals surface area (Å²) in [6.45, 7) is 0.255. The first-order valence-corrected chi connectivity index (χ1v) is 6.33. The van der Waals surface area contributed by atoms with E-state index in [4.69, 9.17) is 6.42 Å². The molecule has 0 spiro atoms. The number of benzene rings is 1. The number of aliphatic carboxylic acids is 1. The number of thioether (sulfide) groups is 1. The van der Waals surface area contributed by atoms with Gasteiger partial charge in [-0.2, -0.15) is 0 Å². The van der Waals surface area contributed by atoms with E-state index in [0.29, 0.717) is 6.42 Å². The number of carboxylic acids is 1. The van der Waals surface area contributed by atoms with Gasteiger partial charge in [0.25, 0.3) is 0 Å². The number of carbonyl (C=O) groups is 1. The van der Waals surface area contributed by atoms with E-state index >= 15 is 0 Å². The standard InChI is InChI=1S/C13H13NO2S/c1-2-8-14-13(12(15)16)7-9-17-11-6-4-3-5-10(11)13/h1,3-6,14H,7-9H2,(H,15,16). The maximum atomic E-state index is 11.6. The van der Waals surface area contributed by atoms with Crippen molar-refractivity contribution in [3.05, 3.63) is 29.8 Å². The van der Waals surface area contributed by atoms with E-state index in [1.54, 1.807) is 11.8 Å². The number of nitrogens with one attached hydrogen (secondary N) is 1. The normalized spacial score (nSPS) is 22.5. The van der Waals surface area contributed by atoms with Gasteiger partial charge in [-0.15, -0.1) is 18.2 Å². The molecular weight excluding hydrogens is 234 g/mol. The zero-order chi connectivity index (χ0) is 12.3. The Morgan fingerprint density at radius 2 is 2.35 bits per heavy atom. The van der Waals surface area contributed by atoms with E-state index in [9.17, 15) is 9.90 Å². The molecule has 1 aliphatic heterocycles. The molecule has 0 saturated heterocycles. The maximum Gasteiger partial charge on any atom is 0.328 e. The molecule has 1 atom stereocenters. The Kier molecular flexibility index (Phi) is 3.41. The minimum absolute atomic E-state index is 0.255. The molecule has 17 heavy (non-hydrogen) atoms. The summed E-state index contributed by atoms with van der Waals surface area (Å²) < 4.78 is 0. The second-order valence-electron chi connectivity index (χ2n) is 3.86. The van der Waals surface area contributed by atoms with Crippen LogP contribution in [0.5, 0.6) is 0 Å². The predicted octanol–water partition coefficient (Wildman–Crippen LogP) is 1.69. The van der Waals surface area contributed by atoms with Gasteiger partial charge < -0.3 is 5.11 Å². The van der Waals surface area contributed by atoms with Crippen molar-refractivity contribution >= 4 is 17.7 Å².